The van der Waals surface area contributed by atoms with Crippen LogP contribution in [0.5, 0.6) is 0 Å². The number of nitrogens with zero attached hydrogens (tertiary/aromatic N) is 2. The number of hydrazone groups is 1. The van der Waals surface area contributed by atoms with Crippen LogP contribution in [-0.4, -0.2) is 23.0 Å². The molecule has 0 aromatic carbocycles. The Hall–Kier alpha value is -2.31. The van der Waals surface area contributed by atoms with Crippen LogP contribution in [0.3, 0.4) is 0 Å². The van der Waals surface area contributed by atoms with Crippen molar-refractivity contribution in [2.24, 2.45) is 11.0 Å². The summed E-state index contributed by atoms with van der Waals surface area (Å²) in [5.41, 5.74) is 2.23. The Morgan fingerprint density at radius 3 is 2.94 bits per heavy atom. The second-order valence-corrected chi connectivity index (χ2v) is 3.47. The van der Waals surface area contributed by atoms with Gasteiger partial charge in [-0.25, -0.2) is 14.8 Å². The third kappa shape index (κ3) is 2.83. The molecule has 0 spiro atoms. The summed E-state index contributed by atoms with van der Waals surface area (Å²) in [6.45, 7) is 0. The molecule has 0 bridgehead atoms. The highest BCUT2D eigenvalue weighted by atomic mass is 19.1. The molecule has 0 saturated carbocycles. The predicted octanol–water partition coefficient (Wildman–Crippen LogP) is 0.281. The number of amides is 2. The van der Waals surface area contributed by atoms with Crippen molar-refractivity contribution >= 4 is 23.8 Å². The Balaban J connectivity index is 1.91. The fraction of sp³-hybridized carbons (Fsp3) is 0.200. The molecule has 1 aliphatic heterocycles. The second kappa shape index (κ2) is 4.69. The van der Waals surface area contributed by atoms with Gasteiger partial charge in [-0.1, -0.05) is 0 Å². The van der Waals surface area contributed by atoms with Crippen molar-refractivity contribution in [1.29, 1.82) is 0 Å². The van der Waals surface area contributed by atoms with Crippen LogP contribution in [0.1, 0.15) is 6.42 Å². The summed E-state index contributed by atoms with van der Waals surface area (Å²) in [7, 11) is 0. The highest BCUT2D eigenvalue weighted by molar-refractivity contribution is 6.02. The molecule has 1 aromatic heterocycles. The molecule has 0 radical (unpaired) electrons. The Kier molecular flexibility index (Phi) is 3.08. The van der Waals surface area contributed by atoms with Crippen molar-refractivity contribution in [2.75, 3.05) is 5.32 Å². The van der Waals surface area contributed by atoms with E-state index in [1.54, 1.807) is 0 Å². The summed E-state index contributed by atoms with van der Waals surface area (Å²) in [6.07, 6.45) is 2.35. The van der Waals surface area contributed by atoms with Crippen LogP contribution in [0, 0.1) is 11.7 Å². The van der Waals surface area contributed by atoms with E-state index in [9.17, 15) is 14.0 Å². The van der Waals surface area contributed by atoms with Gasteiger partial charge in [0, 0.05) is 12.6 Å². The molecule has 0 fully saturated rings. The van der Waals surface area contributed by atoms with E-state index in [0.29, 0.717) is 0 Å². The van der Waals surface area contributed by atoms with Crippen LogP contribution in [-0.2, 0) is 9.59 Å². The molecule has 88 valence electrons. The first-order chi connectivity index (χ1) is 8.15. The lowest BCUT2D eigenvalue weighted by atomic mass is 10.1. The van der Waals surface area contributed by atoms with Crippen molar-refractivity contribution < 1.29 is 14.0 Å². The van der Waals surface area contributed by atoms with Gasteiger partial charge >= 0.3 is 0 Å². The highest BCUT2D eigenvalue weighted by Crippen LogP contribution is 2.08. The van der Waals surface area contributed by atoms with Crippen molar-refractivity contribution in [1.82, 2.24) is 10.4 Å². The van der Waals surface area contributed by atoms with E-state index in [4.69, 9.17) is 0 Å². The number of hydrogen-bond donors (Lipinski definition) is 2. The van der Waals surface area contributed by atoms with E-state index in [1.165, 1.54) is 18.3 Å². The summed E-state index contributed by atoms with van der Waals surface area (Å²) in [4.78, 5) is 26.3. The van der Waals surface area contributed by atoms with E-state index in [2.05, 4.69) is 20.8 Å². The third-order valence-electron chi connectivity index (χ3n) is 2.17. The molecule has 1 unspecified atom stereocenters. The zero-order valence-electron chi connectivity index (χ0n) is 8.68. The molecule has 2 heterocycles. The topological polar surface area (TPSA) is 83.5 Å². The minimum absolute atomic E-state index is 0.0195. The predicted molar refractivity (Wildman–Crippen MR) is 57.6 cm³/mol. The third-order valence-corrected chi connectivity index (χ3v) is 2.17. The summed E-state index contributed by atoms with van der Waals surface area (Å²) < 4.78 is 12.6. The molecule has 1 aliphatic rings. The van der Waals surface area contributed by atoms with Crippen LogP contribution >= 0.6 is 0 Å². The lowest BCUT2D eigenvalue weighted by molar-refractivity contribution is -0.125. The number of carbonyl (C=O) groups is 2. The largest absolute Gasteiger partial charge is 0.311 e. The average Bonchev–Trinajstić information content (AvgIpc) is 2.68. The fourth-order valence-corrected chi connectivity index (χ4v) is 1.33. The smallest absolute Gasteiger partial charge is 0.249 e. The molecule has 7 heteroatoms. The van der Waals surface area contributed by atoms with Crippen LogP contribution in [0.2, 0.25) is 0 Å². The van der Waals surface area contributed by atoms with Gasteiger partial charge < -0.3 is 5.32 Å². The first-order valence-corrected chi connectivity index (χ1v) is 4.89. The molecule has 1 aromatic rings. The molecule has 0 saturated heterocycles. The fourth-order valence-electron chi connectivity index (χ4n) is 1.33. The Morgan fingerprint density at radius 1 is 1.53 bits per heavy atom. The Morgan fingerprint density at radius 2 is 2.35 bits per heavy atom. The minimum Gasteiger partial charge on any atom is -0.311 e. The molecule has 2 rings (SSSR count). The molecule has 2 N–H and O–H groups in total. The van der Waals surface area contributed by atoms with E-state index in [0.717, 1.165) is 6.20 Å². The van der Waals surface area contributed by atoms with Crippen molar-refractivity contribution in [3.05, 3.63) is 24.1 Å². The van der Waals surface area contributed by atoms with Gasteiger partial charge in [0.25, 0.3) is 0 Å². The van der Waals surface area contributed by atoms with Crippen LogP contribution in [0.25, 0.3) is 0 Å². The van der Waals surface area contributed by atoms with Gasteiger partial charge in [0.2, 0.25) is 11.8 Å². The quantitative estimate of drug-likeness (QED) is 0.790. The maximum Gasteiger partial charge on any atom is 0.249 e. The molecule has 2 amide bonds. The van der Waals surface area contributed by atoms with Gasteiger partial charge in [0.15, 0.2) is 0 Å². The minimum atomic E-state index is -0.560. The number of carbonyl (C=O) groups excluding carboxylic acids is 2. The maximum absolute atomic E-state index is 12.6. The van der Waals surface area contributed by atoms with E-state index >= 15 is 0 Å². The van der Waals surface area contributed by atoms with Crippen LogP contribution in [0.4, 0.5) is 10.2 Å². The molecule has 17 heavy (non-hydrogen) atoms. The summed E-state index contributed by atoms with van der Waals surface area (Å²) in [5, 5.41) is 6.01. The molecule has 1 atom stereocenters. The number of pyridine rings is 1. The summed E-state index contributed by atoms with van der Waals surface area (Å²) >= 11 is 0. The van der Waals surface area contributed by atoms with Crippen molar-refractivity contribution in [2.45, 2.75) is 6.42 Å². The zero-order chi connectivity index (χ0) is 12.3. The van der Waals surface area contributed by atoms with Gasteiger partial charge in [0.1, 0.15) is 11.6 Å². The van der Waals surface area contributed by atoms with Gasteiger partial charge in [-0.2, -0.15) is 5.10 Å². The van der Waals surface area contributed by atoms with Gasteiger partial charge in [-0.3, -0.25) is 9.59 Å². The lowest BCUT2D eigenvalue weighted by Gasteiger charge is -2.05. The number of anilines is 1. The first-order valence-electron chi connectivity index (χ1n) is 4.89. The monoisotopic (exact) mass is 236 g/mol. The van der Waals surface area contributed by atoms with Gasteiger partial charge in [0.05, 0.1) is 12.1 Å². The van der Waals surface area contributed by atoms with Crippen molar-refractivity contribution in [3.63, 3.8) is 0 Å². The number of hydrogen-bond acceptors (Lipinski definition) is 4. The van der Waals surface area contributed by atoms with E-state index in [1.807, 2.05) is 0 Å². The second-order valence-electron chi connectivity index (χ2n) is 3.47. The van der Waals surface area contributed by atoms with Gasteiger partial charge in [-0.15, -0.1) is 0 Å². The first kappa shape index (κ1) is 11.2. The van der Waals surface area contributed by atoms with Gasteiger partial charge in [-0.05, 0) is 12.1 Å². The Bertz CT molecular complexity index is 472. The summed E-state index contributed by atoms with van der Waals surface area (Å²) in [5.74, 6) is -1.49. The average molecular weight is 236 g/mol. The highest BCUT2D eigenvalue weighted by Gasteiger charge is 2.23. The van der Waals surface area contributed by atoms with E-state index in [-0.39, 0.29) is 24.1 Å². The zero-order valence-corrected chi connectivity index (χ0v) is 8.68. The normalized spacial score (nSPS) is 17.9. The SMILES string of the molecule is O=C(CC1C=NNC1=O)Nc1ccc(F)cn1. The number of aromatic nitrogens is 1. The number of rotatable bonds is 3. The molecular weight excluding hydrogens is 227 g/mol. The van der Waals surface area contributed by atoms with E-state index < -0.39 is 11.7 Å². The van der Waals surface area contributed by atoms with Crippen molar-refractivity contribution in [3.8, 4) is 0 Å². The maximum atomic E-state index is 12.6. The Labute approximate surface area is 95.9 Å². The standard InChI is InChI=1S/C10H9FN4O2/c11-7-1-2-8(12-5-7)14-9(16)3-6-4-13-15-10(6)17/h1-2,4-6H,3H2,(H,15,17)(H,12,14,16). The van der Waals surface area contributed by atoms with Crippen LogP contribution in [0.15, 0.2) is 23.4 Å². The number of halogens is 1. The van der Waals surface area contributed by atoms with Crippen LogP contribution < -0.4 is 10.7 Å². The lowest BCUT2D eigenvalue weighted by Crippen LogP contribution is -2.25. The molecule has 0 aliphatic carbocycles. The molecular formula is C10H9FN4O2. The molecule has 6 nitrogen and oxygen atoms in total. The summed E-state index contributed by atoms with van der Waals surface area (Å²) in [6, 6.07) is 2.53. The number of nitrogens with one attached hydrogen (secondary N) is 2.